The molecule has 146 valence electrons. The third-order valence-corrected chi connectivity index (χ3v) is 4.82. The van der Waals surface area contributed by atoms with Crippen LogP contribution in [0, 0.1) is 6.92 Å². The number of ether oxygens (including phenoxy) is 3. The molecule has 7 heteroatoms. The van der Waals surface area contributed by atoms with Crippen molar-refractivity contribution < 1.29 is 23.8 Å². The molecule has 2 aromatic rings. The smallest absolute Gasteiger partial charge is 0.268 e. The van der Waals surface area contributed by atoms with E-state index >= 15 is 0 Å². The summed E-state index contributed by atoms with van der Waals surface area (Å²) in [5, 5.41) is 2.87. The van der Waals surface area contributed by atoms with Gasteiger partial charge in [0.2, 0.25) is 12.7 Å². The SMILES string of the molecule is CC[C@H]1Oc2ccc(C)cc2N(CC(=O)NCc2ccc3c(c2)OCO3)C1=O. The molecule has 7 nitrogen and oxygen atoms in total. The van der Waals surface area contributed by atoms with E-state index in [1.165, 1.54) is 4.90 Å². The molecule has 1 N–H and O–H groups in total. The monoisotopic (exact) mass is 382 g/mol. The number of anilines is 1. The van der Waals surface area contributed by atoms with Crippen molar-refractivity contribution in [2.24, 2.45) is 0 Å². The van der Waals surface area contributed by atoms with Gasteiger partial charge >= 0.3 is 0 Å². The summed E-state index contributed by atoms with van der Waals surface area (Å²) in [6.07, 6.45) is -0.0292. The summed E-state index contributed by atoms with van der Waals surface area (Å²) in [7, 11) is 0. The van der Waals surface area contributed by atoms with Crippen molar-refractivity contribution in [1.29, 1.82) is 0 Å². The van der Waals surface area contributed by atoms with E-state index in [1.807, 2.05) is 50.2 Å². The topological polar surface area (TPSA) is 77.1 Å². The second-order valence-corrected chi connectivity index (χ2v) is 6.87. The number of amides is 2. The number of nitrogens with zero attached hydrogens (tertiary/aromatic N) is 1. The molecular formula is C21H22N2O5. The van der Waals surface area contributed by atoms with Gasteiger partial charge in [-0.25, -0.2) is 0 Å². The van der Waals surface area contributed by atoms with Crippen LogP contribution in [0.15, 0.2) is 36.4 Å². The van der Waals surface area contributed by atoms with Gasteiger partial charge in [-0.05, 0) is 48.7 Å². The molecule has 0 saturated carbocycles. The van der Waals surface area contributed by atoms with Gasteiger partial charge in [0.05, 0.1) is 5.69 Å². The van der Waals surface area contributed by atoms with Crippen molar-refractivity contribution in [3.05, 3.63) is 47.5 Å². The second kappa shape index (κ2) is 7.42. The van der Waals surface area contributed by atoms with E-state index in [0.29, 0.717) is 35.9 Å². The van der Waals surface area contributed by atoms with Crippen LogP contribution in [-0.2, 0) is 16.1 Å². The van der Waals surface area contributed by atoms with Gasteiger partial charge in [-0.1, -0.05) is 19.1 Å². The summed E-state index contributed by atoms with van der Waals surface area (Å²) in [5.74, 6) is 1.56. The molecule has 2 amide bonds. The number of hydrogen-bond acceptors (Lipinski definition) is 5. The standard InChI is InChI=1S/C21H22N2O5/c1-3-16-21(25)23(15-8-13(2)4-6-17(15)28-16)11-20(24)22-10-14-5-7-18-19(9-14)27-12-26-18/h4-9,16H,3,10-12H2,1-2H3,(H,22,24)/t16-/m1/s1. The Morgan fingerprint density at radius 1 is 1.14 bits per heavy atom. The van der Waals surface area contributed by atoms with Crippen LogP contribution in [0.5, 0.6) is 17.2 Å². The molecule has 0 aliphatic carbocycles. The molecule has 4 rings (SSSR count). The lowest BCUT2D eigenvalue weighted by molar-refractivity contribution is -0.129. The van der Waals surface area contributed by atoms with Crippen LogP contribution in [0.1, 0.15) is 24.5 Å². The van der Waals surface area contributed by atoms with E-state index in [1.54, 1.807) is 0 Å². The molecule has 2 heterocycles. The van der Waals surface area contributed by atoms with Gasteiger partial charge in [0.1, 0.15) is 12.3 Å². The van der Waals surface area contributed by atoms with Crippen molar-refractivity contribution in [1.82, 2.24) is 5.32 Å². The molecule has 2 aliphatic rings. The number of carbonyl (C=O) groups excluding carboxylic acids is 2. The lowest BCUT2D eigenvalue weighted by Crippen LogP contribution is -2.49. The molecule has 0 fully saturated rings. The molecule has 0 radical (unpaired) electrons. The zero-order valence-electron chi connectivity index (χ0n) is 15.9. The summed E-state index contributed by atoms with van der Waals surface area (Å²) < 4.78 is 16.4. The van der Waals surface area contributed by atoms with Crippen molar-refractivity contribution in [3.63, 3.8) is 0 Å². The van der Waals surface area contributed by atoms with Gasteiger partial charge in [-0.3, -0.25) is 14.5 Å². The van der Waals surface area contributed by atoms with Crippen LogP contribution in [-0.4, -0.2) is 31.3 Å². The maximum atomic E-state index is 12.8. The van der Waals surface area contributed by atoms with Crippen LogP contribution in [0.25, 0.3) is 0 Å². The van der Waals surface area contributed by atoms with Crippen molar-refractivity contribution in [3.8, 4) is 17.2 Å². The molecule has 0 bridgehead atoms. The number of fused-ring (bicyclic) bond motifs is 2. The quantitative estimate of drug-likeness (QED) is 0.860. The van der Waals surface area contributed by atoms with Crippen molar-refractivity contribution in [2.75, 3.05) is 18.2 Å². The zero-order valence-corrected chi connectivity index (χ0v) is 15.9. The molecule has 1 atom stereocenters. The van der Waals surface area contributed by atoms with E-state index in [2.05, 4.69) is 5.32 Å². The Balaban J connectivity index is 1.46. The number of nitrogens with one attached hydrogen (secondary N) is 1. The lowest BCUT2D eigenvalue weighted by atomic mass is 10.1. The minimum atomic E-state index is -0.572. The summed E-state index contributed by atoms with van der Waals surface area (Å²) in [6, 6.07) is 11.2. The van der Waals surface area contributed by atoms with Gasteiger partial charge in [0.15, 0.2) is 17.6 Å². The third-order valence-electron chi connectivity index (χ3n) is 4.82. The normalized spacial score (nSPS) is 17.1. The molecule has 2 aromatic carbocycles. The third kappa shape index (κ3) is 3.47. The van der Waals surface area contributed by atoms with Crippen LogP contribution >= 0.6 is 0 Å². The minimum absolute atomic E-state index is 0.0559. The first-order valence-electron chi connectivity index (χ1n) is 9.29. The van der Waals surface area contributed by atoms with Gasteiger partial charge < -0.3 is 19.5 Å². The van der Waals surface area contributed by atoms with E-state index < -0.39 is 6.10 Å². The predicted molar refractivity (Wildman–Crippen MR) is 103 cm³/mol. The van der Waals surface area contributed by atoms with Crippen molar-refractivity contribution in [2.45, 2.75) is 32.9 Å². The second-order valence-electron chi connectivity index (χ2n) is 6.87. The Bertz CT molecular complexity index is 927. The van der Waals surface area contributed by atoms with Gasteiger partial charge in [-0.2, -0.15) is 0 Å². The highest BCUT2D eigenvalue weighted by atomic mass is 16.7. The molecule has 0 aromatic heterocycles. The first-order valence-corrected chi connectivity index (χ1v) is 9.29. The lowest BCUT2D eigenvalue weighted by Gasteiger charge is -2.33. The van der Waals surface area contributed by atoms with Crippen LogP contribution in [0.3, 0.4) is 0 Å². The highest BCUT2D eigenvalue weighted by Crippen LogP contribution is 2.35. The fraction of sp³-hybridized carbons (Fsp3) is 0.333. The number of carbonyl (C=O) groups is 2. The zero-order chi connectivity index (χ0) is 19.7. The Kier molecular flexibility index (Phi) is 4.81. The minimum Gasteiger partial charge on any atom is -0.478 e. The largest absolute Gasteiger partial charge is 0.478 e. The van der Waals surface area contributed by atoms with Crippen LogP contribution in [0.4, 0.5) is 5.69 Å². The highest BCUT2D eigenvalue weighted by molar-refractivity contribution is 6.03. The van der Waals surface area contributed by atoms with Gasteiger partial charge in [0, 0.05) is 6.54 Å². The number of rotatable bonds is 5. The summed E-state index contributed by atoms with van der Waals surface area (Å²) in [5.41, 5.74) is 2.53. The fourth-order valence-corrected chi connectivity index (χ4v) is 3.31. The summed E-state index contributed by atoms with van der Waals surface area (Å²) in [6.45, 7) is 4.32. The van der Waals surface area contributed by atoms with Crippen LogP contribution < -0.4 is 24.4 Å². The number of aryl methyl sites for hydroxylation is 1. The average molecular weight is 382 g/mol. The summed E-state index contributed by atoms with van der Waals surface area (Å²) >= 11 is 0. The van der Waals surface area contributed by atoms with Crippen LogP contribution in [0.2, 0.25) is 0 Å². The van der Waals surface area contributed by atoms with E-state index in [0.717, 1.165) is 11.1 Å². The Hall–Kier alpha value is -3.22. The van der Waals surface area contributed by atoms with Gasteiger partial charge in [0.25, 0.3) is 5.91 Å². The maximum Gasteiger partial charge on any atom is 0.268 e. The maximum absolute atomic E-state index is 12.8. The number of hydrogen-bond donors (Lipinski definition) is 1. The predicted octanol–water partition coefficient (Wildman–Crippen LogP) is 2.54. The van der Waals surface area contributed by atoms with Gasteiger partial charge in [-0.15, -0.1) is 0 Å². The average Bonchev–Trinajstić information content (AvgIpc) is 3.16. The molecule has 28 heavy (non-hydrogen) atoms. The first-order chi connectivity index (χ1) is 13.5. The highest BCUT2D eigenvalue weighted by Gasteiger charge is 2.34. The van der Waals surface area contributed by atoms with E-state index in [9.17, 15) is 9.59 Å². The van der Waals surface area contributed by atoms with E-state index in [4.69, 9.17) is 14.2 Å². The molecule has 0 spiro atoms. The summed E-state index contributed by atoms with van der Waals surface area (Å²) in [4.78, 5) is 26.8. The molecule has 2 aliphatic heterocycles. The Morgan fingerprint density at radius 2 is 1.93 bits per heavy atom. The molecule has 0 unspecified atom stereocenters. The van der Waals surface area contributed by atoms with Crippen molar-refractivity contribution >= 4 is 17.5 Å². The first kappa shape index (κ1) is 18.2. The molecular weight excluding hydrogens is 360 g/mol. The molecule has 0 saturated heterocycles. The number of benzene rings is 2. The fourth-order valence-electron chi connectivity index (χ4n) is 3.31. The Labute approximate surface area is 163 Å². The van der Waals surface area contributed by atoms with E-state index in [-0.39, 0.29) is 25.2 Å². The Morgan fingerprint density at radius 3 is 2.75 bits per heavy atom.